The van der Waals surface area contributed by atoms with Crippen molar-refractivity contribution in [3.63, 3.8) is 0 Å². The lowest BCUT2D eigenvalue weighted by Crippen LogP contribution is -2.43. The molecule has 1 saturated carbocycles. The van der Waals surface area contributed by atoms with Gasteiger partial charge in [-0.3, -0.25) is 0 Å². The minimum Gasteiger partial charge on any atom is -0.383 e. The molecule has 6 nitrogen and oxygen atoms in total. The SMILES string of the molecule is Nc1ncnc2c1c(-c1ccc3ccc(-c4ccccc4)nc3c1)cn2C1CC(CN2CCC2)C1. The maximum Gasteiger partial charge on any atom is 0.146 e. The van der Waals surface area contributed by atoms with Crippen molar-refractivity contribution in [2.75, 3.05) is 25.4 Å². The summed E-state index contributed by atoms with van der Waals surface area (Å²) in [6.45, 7) is 3.77. The molecule has 5 aromatic rings. The summed E-state index contributed by atoms with van der Waals surface area (Å²) in [6, 6.07) is 21.5. The summed E-state index contributed by atoms with van der Waals surface area (Å²) in [5, 5.41) is 2.06. The van der Waals surface area contributed by atoms with E-state index < -0.39 is 0 Å². The third kappa shape index (κ3) is 3.56. The smallest absolute Gasteiger partial charge is 0.146 e. The topological polar surface area (TPSA) is 72.9 Å². The Labute approximate surface area is 204 Å². The minimum absolute atomic E-state index is 0.468. The van der Waals surface area contributed by atoms with E-state index in [4.69, 9.17) is 10.7 Å². The highest BCUT2D eigenvalue weighted by Crippen LogP contribution is 2.43. The van der Waals surface area contributed by atoms with E-state index in [2.05, 4.69) is 68.1 Å². The molecule has 4 heterocycles. The van der Waals surface area contributed by atoms with Gasteiger partial charge in [-0.15, -0.1) is 0 Å². The van der Waals surface area contributed by atoms with Crippen LogP contribution in [0.4, 0.5) is 5.82 Å². The van der Waals surface area contributed by atoms with E-state index in [1.54, 1.807) is 6.33 Å². The van der Waals surface area contributed by atoms with Gasteiger partial charge in [0.05, 0.1) is 16.6 Å². The van der Waals surface area contributed by atoms with Gasteiger partial charge < -0.3 is 15.2 Å². The van der Waals surface area contributed by atoms with Crippen molar-refractivity contribution < 1.29 is 0 Å². The number of rotatable bonds is 5. The molecule has 0 bridgehead atoms. The number of anilines is 1. The number of fused-ring (bicyclic) bond motifs is 2. The van der Waals surface area contributed by atoms with Crippen LogP contribution in [0, 0.1) is 5.92 Å². The zero-order valence-corrected chi connectivity index (χ0v) is 19.6. The normalized spacial score (nSPS) is 20.1. The zero-order chi connectivity index (χ0) is 23.4. The number of nitrogens with zero attached hydrogens (tertiary/aromatic N) is 5. The Morgan fingerprint density at radius 2 is 1.74 bits per heavy atom. The van der Waals surface area contributed by atoms with Gasteiger partial charge >= 0.3 is 0 Å². The van der Waals surface area contributed by atoms with Crippen LogP contribution in [0.15, 0.2) is 73.2 Å². The van der Waals surface area contributed by atoms with E-state index in [1.165, 1.54) is 38.9 Å². The fraction of sp³-hybridized carbons (Fsp3) is 0.276. The second-order valence-corrected chi connectivity index (χ2v) is 10.0. The van der Waals surface area contributed by atoms with Crippen LogP contribution >= 0.6 is 0 Å². The van der Waals surface area contributed by atoms with Crippen LogP contribution in [0.5, 0.6) is 0 Å². The second kappa shape index (κ2) is 8.17. The molecule has 6 heteroatoms. The number of pyridine rings is 1. The lowest BCUT2D eigenvalue weighted by molar-refractivity contribution is 0.0921. The minimum atomic E-state index is 0.468. The highest BCUT2D eigenvalue weighted by molar-refractivity contribution is 6.02. The highest BCUT2D eigenvalue weighted by Gasteiger charge is 2.34. The Morgan fingerprint density at radius 1 is 0.914 bits per heavy atom. The maximum absolute atomic E-state index is 6.41. The van der Waals surface area contributed by atoms with E-state index in [-0.39, 0.29) is 0 Å². The molecule has 0 amide bonds. The molecule has 174 valence electrons. The Balaban J connectivity index is 1.27. The summed E-state index contributed by atoms with van der Waals surface area (Å²) in [5.41, 5.74) is 12.6. The summed E-state index contributed by atoms with van der Waals surface area (Å²) >= 11 is 0. The van der Waals surface area contributed by atoms with Crippen LogP contribution in [0.1, 0.15) is 25.3 Å². The van der Waals surface area contributed by atoms with Gasteiger partial charge in [0.15, 0.2) is 0 Å². The number of benzene rings is 2. The monoisotopic (exact) mass is 460 g/mol. The van der Waals surface area contributed by atoms with Gasteiger partial charge in [0.1, 0.15) is 17.8 Å². The van der Waals surface area contributed by atoms with Crippen molar-refractivity contribution in [2.24, 2.45) is 5.92 Å². The predicted octanol–water partition coefficient (Wildman–Crippen LogP) is 5.55. The number of aromatic nitrogens is 4. The molecular weight excluding hydrogens is 432 g/mol. The molecule has 0 radical (unpaired) electrons. The standard InChI is InChI=1S/C29H28N6/c30-28-27-24(17-35(29(27)32-18-31-28)23-13-19(14-23)16-34-11-4-12-34)22-8-7-21-9-10-25(33-26(21)15-22)20-5-2-1-3-6-20/h1-3,5-10,15,17-19,23H,4,11-14,16H2,(H2,30,31,32). The van der Waals surface area contributed by atoms with Gasteiger partial charge in [-0.05, 0) is 56.0 Å². The maximum atomic E-state index is 6.41. The Bertz CT molecular complexity index is 1530. The molecular formula is C29H28N6. The Morgan fingerprint density at radius 3 is 2.54 bits per heavy atom. The molecule has 2 aromatic carbocycles. The first-order chi connectivity index (χ1) is 17.2. The molecule has 2 aliphatic rings. The van der Waals surface area contributed by atoms with Crippen molar-refractivity contribution in [1.82, 2.24) is 24.4 Å². The molecule has 1 aliphatic carbocycles. The summed E-state index contributed by atoms with van der Waals surface area (Å²) in [7, 11) is 0. The fourth-order valence-corrected chi connectivity index (χ4v) is 5.67. The molecule has 35 heavy (non-hydrogen) atoms. The van der Waals surface area contributed by atoms with Crippen molar-refractivity contribution in [3.05, 3.63) is 73.2 Å². The average molecular weight is 461 g/mol. The average Bonchev–Trinajstić information content (AvgIpc) is 3.22. The van der Waals surface area contributed by atoms with Gasteiger partial charge in [0.25, 0.3) is 0 Å². The molecule has 3 aromatic heterocycles. The van der Waals surface area contributed by atoms with Gasteiger partial charge in [0.2, 0.25) is 0 Å². The molecule has 1 aliphatic heterocycles. The summed E-state index contributed by atoms with van der Waals surface area (Å²) in [4.78, 5) is 16.6. The zero-order valence-electron chi connectivity index (χ0n) is 19.6. The summed E-state index contributed by atoms with van der Waals surface area (Å²) in [5.74, 6) is 1.31. The molecule has 1 saturated heterocycles. The number of nitrogens with two attached hydrogens (primary N) is 1. The number of likely N-dealkylation sites (tertiary alicyclic amines) is 1. The van der Waals surface area contributed by atoms with Crippen LogP contribution in [0.25, 0.3) is 44.3 Å². The molecule has 0 unspecified atom stereocenters. The van der Waals surface area contributed by atoms with E-state index in [9.17, 15) is 0 Å². The van der Waals surface area contributed by atoms with Crippen LogP contribution in [0.2, 0.25) is 0 Å². The fourth-order valence-electron chi connectivity index (χ4n) is 5.67. The molecule has 0 atom stereocenters. The van der Waals surface area contributed by atoms with E-state index in [0.29, 0.717) is 11.9 Å². The second-order valence-electron chi connectivity index (χ2n) is 10.0. The van der Waals surface area contributed by atoms with Crippen molar-refractivity contribution in [2.45, 2.75) is 25.3 Å². The van der Waals surface area contributed by atoms with Gasteiger partial charge in [-0.25, -0.2) is 15.0 Å². The number of hydrogen-bond acceptors (Lipinski definition) is 5. The number of hydrogen-bond donors (Lipinski definition) is 1. The predicted molar refractivity (Wildman–Crippen MR) is 141 cm³/mol. The van der Waals surface area contributed by atoms with Crippen molar-refractivity contribution in [3.8, 4) is 22.4 Å². The van der Waals surface area contributed by atoms with E-state index in [1.807, 2.05) is 18.2 Å². The van der Waals surface area contributed by atoms with Crippen molar-refractivity contribution >= 4 is 27.8 Å². The lowest BCUT2D eigenvalue weighted by atomic mass is 9.79. The third-order valence-electron chi connectivity index (χ3n) is 7.78. The third-order valence-corrected chi connectivity index (χ3v) is 7.78. The summed E-state index contributed by atoms with van der Waals surface area (Å²) in [6.07, 6.45) is 7.57. The quantitative estimate of drug-likeness (QED) is 0.372. The molecule has 2 N–H and O–H groups in total. The Kier molecular flexibility index (Phi) is 4.81. The highest BCUT2D eigenvalue weighted by atomic mass is 15.2. The van der Waals surface area contributed by atoms with Gasteiger partial charge in [0, 0.05) is 35.3 Å². The molecule has 2 fully saturated rings. The van der Waals surface area contributed by atoms with Crippen molar-refractivity contribution in [1.29, 1.82) is 0 Å². The van der Waals surface area contributed by atoms with E-state index in [0.717, 1.165) is 50.2 Å². The van der Waals surface area contributed by atoms with Crippen LogP contribution < -0.4 is 5.73 Å². The first-order valence-electron chi connectivity index (χ1n) is 12.5. The first-order valence-corrected chi connectivity index (χ1v) is 12.5. The van der Waals surface area contributed by atoms with Gasteiger partial charge in [-0.2, -0.15) is 0 Å². The lowest BCUT2D eigenvalue weighted by Gasteiger charge is -2.42. The number of nitrogen functional groups attached to an aromatic ring is 1. The van der Waals surface area contributed by atoms with E-state index >= 15 is 0 Å². The van der Waals surface area contributed by atoms with Crippen LogP contribution in [-0.2, 0) is 0 Å². The van der Waals surface area contributed by atoms with Crippen LogP contribution in [-0.4, -0.2) is 44.1 Å². The van der Waals surface area contributed by atoms with Crippen LogP contribution in [0.3, 0.4) is 0 Å². The Hall–Kier alpha value is -3.77. The largest absolute Gasteiger partial charge is 0.383 e. The molecule has 7 rings (SSSR count). The molecule has 0 spiro atoms. The summed E-state index contributed by atoms with van der Waals surface area (Å²) < 4.78 is 2.34. The first kappa shape index (κ1) is 20.6. The van der Waals surface area contributed by atoms with Gasteiger partial charge in [-0.1, -0.05) is 48.5 Å².